The van der Waals surface area contributed by atoms with Crippen LogP contribution in [0.25, 0.3) is 0 Å². The minimum atomic E-state index is -0.439. The number of methoxy groups -OCH3 is 1. The van der Waals surface area contributed by atoms with E-state index < -0.39 is 6.10 Å². The third kappa shape index (κ3) is 6.41. The highest BCUT2D eigenvalue weighted by molar-refractivity contribution is 5.39. The Bertz CT molecular complexity index is 1140. The average Bonchev–Trinajstić information content (AvgIpc) is 2.94. The van der Waals surface area contributed by atoms with Gasteiger partial charge in [-0.15, -0.1) is 0 Å². The van der Waals surface area contributed by atoms with Gasteiger partial charge >= 0.3 is 0 Å². The van der Waals surface area contributed by atoms with E-state index in [0.29, 0.717) is 6.61 Å². The fraction of sp³-hybridized carbons (Fsp3) is 0.419. The smallest absolute Gasteiger partial charge is 0.123 e. The number of rotatable bonds is 9. The molecular formula is C31H36F2N2O3. The highest BCUT2D eigenvalue weighted by Gasteiger charge is 2.30. The molecule has 1 fully saturated rings. The SMILES string of the molecule is COc1ccc2c(c1)CC[C@H](CN1CCN(CCOC(c3ccc(F)cc3)c3ccc(F)cc3)CC1)[C@H]2O. The molecular weight excluding hydrogens is 486 g/mol. The summed E-state index contributed by atoms with van der Waals surface area (Å²) in [7, 11) is 1.67. The zero-order valence-electron chi connectivity index (χ0n) is 21.9. The molecule has 5 nitrogen and oxygen atoms in total. The van der Waals surface area contributed by atoms with E-state index in [1.54, 1.807) is 31.4 Å². The maximum atomic E-state index is 13.5. The second-order valence-electron chi connectivity index (χ2n) is 10.3. The van der Waals surface area contributed by atoms with Gasteiger partial charge < -0.3 is 19.5 Å². The van der Waals surface area contributed by atoms with Gasteiger partial charge in [-0.2, -0.15) is 0 Å². The molecule has 38 heavy (non-hydrogen) atoms. The maximum absolute atomic E-state index is 13.5. The molecule has 1 saturated heterocycles. The van der Waals surface area contributed by atoms with E-state index >= 15 is 0 Å². The van der Waals surface area contributed by atoms with Crippen molar-refractivity contribution >= 4 is 0 Å². The van der Waals surface area contributed by atoms with Crippen LogP contribution >= 0.6 is 0 Å². The Labute approximate surface area is 223 Å². The number of hydrogen-bond acceptors (Lipinski definition) is 5. The lowest BCUT2D eigenvalue weighted by molar-refractivity contribution is 0.0285. The lowest BCUT2D eigenvalue weighted by atomic mass is 9.81. The molecule has 0 saturated carbocycles. The Kier molecular flexibility index (Phi) is 8.69. The predicted molar refractivity (Wildman–Crippen MR) is 143 cm³/mol. The molecule has 0 spiro atoms. The summed E-state index contributed by atoms with van der Waals surface area (Å²) in [6.07, 6.45) is 1.12. The summed E-state index contributed by atoms with van der Waals surface area (Å²) >= 11 is 0. The average molecular weight is 523 g/mol. The predicted octanol–water partition coefficient (Wildman–Crippen LogP) is 4.99. The molecule has 0 amide bonds. The van der Waals surface area contributed by atoms with Crippen LogP contribution in [-0.2, 0) is 11.2 Å². The van der Waals surface area contributed by atoms with Gasteiger partial charge in [0.2, 0.25) is 0 Å². The molecule has 3 aromatic rings. The van der Waals surface area contributed by atoms with E-state index in [1.807, 2.05) is 18.2 Å². The van der Waals surface area contributed by atoms with Gasteiger partial charge in [0.05, 0.1) is 19.8 Å². The fourth-order valence-electron chi connectivity index (χ4n) is 5.64. The summed E-state index contributed by atoms with van der Waals surface area (Å²) in [6, 6.07) is 18.6. The molecule has 2 atom stereocenters. The Morgan fingerprint density at radius 2 is 1.47 bits per heavy atom. The van der Waals surface area contributed by atoms with E-state index in [1.165, 1.54) is 29.8 Å². The molecule has 0 unspecified atom stereocenters. The fourth-order valence-corrected chi connectivity index (χ4v) is 5.64. The van der Waals surface area contributed by atoms with Crippen LogP contribution in [0.1, 0.15) is 40.9 Å². The minimum absolute atomic E-state index is 0.234. The van der Waals surface area contributed by atoms with Gasteiger partial charge in [-0.3, -0.25) is 4.90 Å². The second-order valence-corrected chi connectivity index (χ2v) is 10.3. The first-order valence-corrected chi connectivity index (χ1v) is 13.4. The molecule has 1 N–H and O–H groups in total. The first kappa shape index (κ1) is 26.8. The number of halogens is 2. The Morgan fingerprint density at radius 1 is 0.868 bits per heavy atom. The van der Waals surface area contributed by atoms with Crippen LogP contribution in [0.4, 0.5) is 8.78 Å². The van der Waals surface area contributed by atoms with Crippen LogP contribution in [0.3, 0.4) is 0 Å². The van der Waals surface area contributed by atoms with Crippen molar-refractivity contribution in [2.75, 3.05) is 53.0 Å². The Hall–Kier alpha value is -2.84. The quantitative estimate of drug-likeness (QED) is 0.429. The number of fused-ring (bicyclic) bond motifs is 1. The molecule has 2 aliphatic rings. The molecule has 1 aliphatic carbocycles. The number of piperazine rings is 1. The van der Waals surface area contributed by atoms with Crippen LogP contribution in [0, 0.1) is 17.6 Å². The molecule has 7 heteroatoms. The summed E-state index contributed by atoms with van der Waals surface area (Å²) < 4.78 is 38.6. The maximum Gasteiger partial charge on any atom is 0.123 e. The van der Waals surface area contributed by atoms with Crippen molar-refractivity contribution < 1.29 is 23.4 Å². The topological polar surface area (TPSA) is 45.2 Å². The number of aryl methyl sites for hydroxylation is 1. The van der Waals surface area contributed by atoms with Crippen LogP contribution < -0.4 is 4.74 Å². The molecule has 3 aromatic carbocycles. The molecule has 1 heterocycles. The summed E-state index contributed by atoms with van der Waals surface area (Å²) in [4.78, 5) is 4.85. The van der Waals surface area contributed by atoms with Gasteiger partial charge in [-0.25, -0.2) is 8.78 Å². The number of nitrogens with zero attached hydrogens (tertiary/aromatic N) is 2. The molecule has 202 valence electrons. The lowest BCUT2D eigenvalue weighted by Gasteiger charge is -2.39. The van der Waals surface area contributed by atoms with Crippen LogP contribution in [0.2, 0.25) is 0 Å². The largest absolute Gasteiger partial charge is 0.497 e. The van der Waals surface area contributed by atoms with E-state index in [4.69, 9.17) is 9.47 Å². The molecule has 5 rings (SSSR count). The normalized spacial score (nSPS) is 20.4. The van der Waals surface area contributed by atoms with E-state index in [9.17, 15) is 13.9 Å². The van der Waals surface area contributed by atoms with Gasteiger partial charge in [-0.1, -0.05) is 30.3 Å². The Morgan fingerprint density at radius 3 is 2.08 bits per heavy atom. The second kappa shape index (κ2) is 12.3. The van der Waals surface area contributed by atoms with Gasteiger partial charge in [0, 0.05) is 45.2 Å². The van der Waals surface area contributed by atoms with Gasteiger partial charge in [-0.05, 0) is 71.5 Å². The van der Waals surface area contributed by atoms with Crippen molar-refractivity contribution in [3.05, 3.63) is 101 Å². The number of benzene rings is 3. The highest BCUT2D eigenvalue weighted by atomic mass is 19.1. The summed E-state index contributed by atoms with van der Waals surface area (Å²) in [5.74, 6) is 0.485. The first-order valence-electron chi connectivity index (χ1n) is 13.4. The van der Waals surface area contributed by atoms with E-state index in [0.717, 1.165) is 74.6 Å². The van der Waals surface area contributed by atoms with Gasteiger partial charge in [0.1, 0.15) is 23.5 Å². The van der Waals surface area contributed by atoms with E-state index in [-0.39, 0.29) is 23.7 Å². The van der Waals surface area contributed by atoms with Crippen molar-refractivity contribution in [3.63, 3.8) is 0 Å². The summed E-state index contributed by atoms with van der Waals surface area (Å²) in [5.41, 5.74) is 3.91. The van der Waals surface area contributed by atoms with Crippen molar-refractivity contribution in [3.8, 4) is 5.75 Å². The van der Waals surface area contributed by atoms with Crippen molar-refractivity contribution in [1.29, 1.82) is 0 Å². The summed E-state index contributed by atoms with van der Waals surface area (Å²) in [5, 5.41) is 11.0. The standard InChI is InChI=1S/C31H36F2N2O3/c1-37-28-12-13-29-24(20-28)2-3-25(30(29)36)21-35-16-14-34(15-17-35)18-19-38-31(22-4-8-26(32)9-5-22)23-6-10-27(33)11-7-23/h4-13,20,25,30-31,36H,2-3,14-19,21H2,1H3/t25-,30-/m1/s1. The number of aliphatic hydroxyl groups is 1. The number of ether oxygens (including phenoxy) is 2. The number of hydrogen-bond donors (Lipinski definition) is 1. The van der Waals surface area contributed by atoms with Gasteiger partial charge in [0.25, 0.3) is 0 Å². The third-order valence-electron chi connectivity index (χ3n) is 7.89. The van der Waals surface area contributed by atoms with E-state index in [2.05, 4.69) is 9.80 Å². The summed E-state index contributed by atoms with van der Waals surface area (Å²) in [6.45, 7) is 5.99. The monoisotopic (exact) mass is 522 g/mol. The van der Waals surface area contributed by atoms with Crippen LogP contribution in [0.5, 0.6) is 5.75 Å². The van der Waals surface area contributed by atoms with Crippen molar-refractivity contribution in [2.24, 2.45) is 5.92 Å². The van der Waals surface area contributed by atoms with Crippen molar-refractivity contribution in [1.82, 2.24) is 9.80 Å². The highest BCUT2D eigenvalue weighted by Crippen LogP contribution is 2.36. The zero-order valence-corrected chi connectivity index (χ0v) is 21.9. The van der Waals surface area contributed by atoms with Crippen molar-refractivity contribution in [2.45, 2.75) is 25.0 Å². The third-order valence-corrected chi connectivity index (χ3v) is 7.89. The Balaban J connectivity index is 1.11. The molecule has 0 bridgehead atoms. The first-order chi connectivity index (χ1) is 18.5. The van der Waals surface area contributed by atoms with Crippen LogP contribution in [-0.4, -0.2) is 67.9 Å². The number of aliphatic hydroxyl groups excluding tert-OH is 1. The molecule has 0 aromatic heterocycles. The van der Waals surface area contributed by atoms with Gasteiger partial charge in [0.15, 0.2) is 0 Å². The zero-order chi connectivity index (χ0) is 26.5. The molecule has 1 aliphatic heterocycles. The minimum Gasteiger partial charge on any atom is -0.497 e. The lowest BCUT2D eigenvalue weighted by Crippen LogP contribution is -2.49. The van der Waals surface area contributed by atoms with Crippen LogP contribution in [0.15, 0.2) is 66.7 Å². The molecule has 0 radical (unpaired) electrons.